The summed E-state index contributed by atoms with van der Waals surface area (Å²) in [6.45, 7) is 1.47. The molecular weight excluding hydrogens is 363 g/mol. The van der Waals surface area contributed by atoms with Crippen LogP contribution in [-0.4, -0.2) is 17.6 Å². The predicted octanol–water partition coefficient (Wildman–Crippen LogP) is 5.02. The van der Waals surface area contributed by atoms with Crippen molar-refractivity contribution < 1.29 is 9.13 Å². The van der Waals surface area contributed by atoms with E-state index < -0.39 is 0 Å². The molecule has 0 spiro atoms. The quantitative estimate of drug-likeness (QED) is 0.672. The highest BCUT2D eigenvalue weighted by Crippen LogP contribution is 2.29. The maximum Gasteiger partial charge on any atom is 0.123 e. The van der Waals surface area contributed by atoms with E-state index in [1.54, 1.807) is 18.3 Å². The number of hydrogen-bond acceptors (Lipinski definition) is 3. The zero-order chi connectivity index (χ0) is 18.6. The average Bonchev–Trinajstić information content (AvgIpc) is 2.69. The summed E-state index contributed by atoms with van der Waals surface area (Å²) in [6, 6.07) is 14.3. The van der Waals surface area contributed by atoms with Crippen LogP contribution in [0.15, 0.2) is 60.9 Å². The molecule has 1 aliphatic rings. The molecule has 0 amide bonds. The number of aromatic nitrogens is 1. The van der Waals surface area contributed by atoms with Crippen molar-refractivity contribution >= 4 is 11.6 Å². The molecule has 1 aliphatic heterocycles. The van der Waals surface area contributed by atoms with Crippen LogP contribution in [0.5, 0.6) is 5.75 Å². The minimum absolute atomic E-state index is 0.145. The number of nitrogens with zero attached hydrogens (tertiary/aromatic N) is 1. The lowest BCUT2D eigenvalue weighted by Gasteiger charge is -2.26. The number of pyridine rings is 1. The van der Waals surface area contributed by atoms with Crippen LogP contribution in [0, 0.1) is 5.82 Å². The van der Waals surface area contributed by atoms with Gasteiger partial charge in [0.2, 0.25) is 0 Å². The van der Waals surface area contributed by atoms with Gasteiger partial charge in [-0.15, -0.1) is 0 Å². The van der Waals surface area contributed by atoms with E-state index in [-0.39, 0.29) is 11.9 Å². The molecule has 0 aliphatic carbocycles. The van der Waals surface area contributed by atoms with Gasteiger partial charge in [0.15, 0.2) is 0 Å². The van der Waals surface area contributed by atoms with Crippen molar-refractivity contribution in [2.75, 3.05) is 6.54 Å². The Hall–Kier alpha value is -2.43. The van der Waals surface area contributed by atoms with Crippen LogP contribution in [0.4, 0.5) is 4.39 Å². The van der Waals surface area contributed by atoms with Gasteiger partial charge in [0, 0.05) is 36.1 Å². The van der Waals surface area contributed by atoms with Crippen LogP contribution < -0.4 is 10.1 Å². The molecule has 2 heterocycles. The summed E-state index contributed by atoms with van der Waals surface area (Å²) in [5.41, 5.74) is 4.19. The van der Waals surface area contributed by atoms with Gasteiger partial charge in [-0.2, -0.15) is 0 Å². The highest BCUT2D eigenvalue weighted by atomic mass is 35.5. The van der Waals surface area contributed by atoms with Crippen molar-refractivity contribution in [3.63, 3.8) is 0 Å². The third kappa shape index (κ3) is 4.46. The molecule has 0 fully saturated rings. The Bertz CT molecular complexity index is 930. The van der Waals surface area contributed by atoms with Crippen LogP contribution in [0.25, 0.3) is 11.1 Å². The zero-order valence-electron chi connectivity index (χ0n) is 14.8. The van der Waals surface area contributed by atoms with E-state index in [1.165, 1.54) is 17.7 Å². The minimum atomic E-state index is -0.235. The van der Waals surface area contributed by atoms with E-state index >= 15 is 0 Å². The Labute approximate surface area is 163 Å². The SMILES string of the molecule is Fc1ccc(-c2cncc(CNCC3CCc4cc(Cl)ccc4O3)c2)cc1. The molecule has 4 rings (SSSR count). The second-order valence-electron chi connectivity index (χ2n) is 6.75. The first-order valence-corrected chi connectivity index (χ1v) is 9.41. The molecule has 0 radical (unpaired) electrons. The minimum Gasteiger partial charge on any atom is -0.489 e. The number of ether oxygens (including phenoxy) is 1. The normalized spacial score (nSPS) is 15.9. The molecule has 1 atom stereocenters. The fourth-order valence-corrected chi connectivity index (χ4v) is 3.51. The Morgan fingerprint density at radius 3 is 2.78 bits per heavy atom. The van der Waals surface area contributed by atoms with Crippen LogP contribution in [-0.2, 0) is 13.0 Å². The third-order valence-corrected chi connectivity index (χ3v) is 4.96. The van der Waals surface area contributed by atoms with Gasteiger partial charge in [0.05, 0.1) is 0 Å². The fourth-order valence-electron chi connectivity index (χ4n) is 3.32. The van der Waals surface area contributed by atoms with Gasteiger partial charge in [0.1, 0.15) is 17.7 Å². The molecule has 2 aromatic carbocycles. The van der Waals surface area contributed by atoms with E-state index in [4.69, 9.17) is 16.3 Å². The summed E-state index contributed by atoms with van der Waals surface area (Å²) in [6.07, 6.45) is 5.73. The Morgan fingerprint density at radius 1 is 1.07 bits per heavy atom. The van der Waals surface area contributed by atoms with Crippen LogP contribution in [0.3, 0.4) is 0 Å². The number of fused-ring (bicyclic) bond motifs is 1. The second kappa shape index (κ2) is 8.07. The Morgan fingerprint density at radius 2 is 1.93 bits per heavy atom. The molecule has 1 N–H and O–H groups in total. The van der Waals surface area contributed by atoms with Crippen molar-refractivity contribution in [1.82, 2.24) is 10.3 Å². The zero-order valence-corrected chi connectivity index (χ0v) is 15.5. The number of nitrogens with one attached hydrogen (secondary N) is 1. The van der Waals surface area contributed by atoms with Gasteiger partial charge in [-0.1, -0.05) is 23.7 Å². The summed E-state index contributed by atoms with van der Waals surface area (Å²) in [4.78, 5) is 4.31. The summed E-state index contributed by atoms with van der Waals surface area (Å²) in [7, 11) is 0. The molecule has 1 unspecified atom stereocenters. The molecule has 27 heavy (non-hydrogen) atoms. The van der Waals surface area contributed by atoms with E-state index in [2.05, 4.69) is 16.4 Å². The summed E-state index contributed by atoms with van der Waals surface area (Å²) < 4.78 is 19.2. The standard InChI is InChI=1S/C22H20ClFN2O/c23-19-4-8-22-17(10-19)3-7-21(27-22)14-26-12-15-9-18(13-25-11-15)16-1-5-20(24)6-2-16/h1-2,4-6,8-11,13,21,26H,3,7,12,14H2. The summed E-state index contributed by atoms with van der Waals surface area (Å²) >= 11 is 6.04. The predicted molar refractivity (Wildman–Crippen MR) is 106 cm³/mol. The van der Waals surface area contributed by atoms with E-state index in [9.17, 15) is 4.39 Å². The molecule has 1 aromatic heterocycles. The van der Waals surface area contributed by atoms with Gasteiger partial charge in [-0.25, -0.2) is 4.39 Å². The molecule has 0 bridgehead atoms. The molecule has 5 heteroatoms. The lowest BCUT2D eigenvalue weighted by atomic mass is 10.0. The second-order valence-corrected chi connectivity index (χ2v) is 7.19. The first kappa shape index (κ1) is 18.0. The maximum absolute atomic E-state index is 13.1. The van der Waals surface area contributed by atoms with E-state index in [1.807, 2.05) is 24.4 Å². The summed E-state index contributed by atoms with van der Waals surface area (Å²) in [5, 5.41) is 4.20. The number of aryl methyl sites for hydroxylation is 1. The molecule has 138 valence electrons. The van der Waals surface area contributed by atoms with Crippen LogP contribution >= 0.6 is 11.6 Å². The van der Waals surface area contributed by atoms with Gasteiger partial charge >= 0.3 is 0 Å². The lowest BCUT2D eigenvalue weighted by molar-refractivity contribution is 0.170. The Balaban J connectivity index is 1.34. The topological polar surface area (TPSA) is 34.2 Å². The highest BCUT2D eigenvalue weighted by molar-refractivity contribution is 6.30. The van der Waals surface area contributed by atoms with Crippen molar-refractivity contribution in [1.29, 1.82) is 0 Å². The average molecular weight is 383 g/mol. The van der Waals surface area contributed by atoms with Gasteiger partial charge in [0.25, 0.3) is 0 Å². The molecule has 0 saturated carbocycles. The van der Waals surface area contributed by atoms with E-state index in [0.29, 0.717) is 6.54 Å². The van der Waals surface area contributed by atoms with Crippen molar-refractivity contribution in [2.24, 2.45) is 0 Å². The molecule has 3 aromatic rings. The number of hydrogen-bond donors (Lipinski definition) is 1. The molecule has 0 saturated heterocycles. The van der Waals surface area contributed by atoms with Gasteiger partial charge in [-0.05, 0) is 65.9 Å². The first-order valence-electron chi connectivity index (χ1n) is 9.03. The number of halogens is 2. The molecular formula is C22H20ClFN2O. The maximum atomic E-state index is 13.1. The van der Waals surface area contributed by atoms with Crippen molar-refractivity contribution in [3.8, 4) is 16.9 Å². The lowest BCUT2D eigenvalue weighted by Crippen LogP contribution is -2.33. The van der Waals surface area contributed by atoms with E-state index in [0.717, 1.165) is 46.8 Å². The monoisotopic (exact) mass is 382 g/mol. The fraction of sp³-hybridized carbons (Fsp3) is 0.227. The van der Waals surface area contributed by atoms with Gasteiger partial charge < -0.3 is 10.1 Å². The van der Waals surface area contributed by atoms with Crippen molar-refractivity contribution in [2.45, 2.75) is 25.5 Å². The number of benzene rings is 2. The third-order valence-electron chi connectivity index (χ3n) is 4.73. The highest BCUT2D eigenvalue weighted by Gasteiger charge is 2.19. The smallest absolute Gasteiger partial charge is 0.123 e. The van der Waals surface area contributed by atoms with Crippen LogP contribution in [0.1, 0.15) is 17.5 Å². The molecule has 3 nitrogen and oxygen atoms in total. The number of rotatable bonds is 5. The summed E-state index contributed by atoms with van der Waals surface area (Å²) in [5.74, 6) is 0.693. The van der Waals surface area contributed by atoms with Gasteiger partial charge in [-0.3, -0.25) is 4.98 Å². The van der Waals surface area contributed by atoms with Crippen molar-refractivity contribution in [3.05, 3.63) is 82.9 Å². The van der Waals surface area contributed by atoms with Crippen LogP contribution in [0.2, 0.25) is 5.02 Å². The first-order chi connectivity index (χ1) is 13.2. The Kier molecular flexibility index (Phi) is 5.37. The largest absolute Gasteiger partial charge is 0.489 e.